The maximum atomic E-state index is 14.8. The molecule has 0 atom stereocenters. The van der Waals surface area contributed by atoms with Crippen molar-refractivity contribution in [1.82, 2.24) is 9.80 Å². The number of nitrogens with zero attached hydrogens (tertiary/aromatic N) is 4. The number of piperazine rings is 1. The molecule has 0 aromatic heterocycles. The third kappa shape index (κ3) is 3.91. The average Bonchev–Trinajstić information content (AvgIpc) is 2.67. The molecule has 7 nitrogen and oxygen atoms in total. The van der Waals surface area contributed by atoms with Gasteiger partial charge in [-0.1, -0.05) is 12.7 Å². The number of hydrogen-bond acceptors (Lipinski definition) is 6. The van der Waals surface area contributed by atoms with Gasteiger partial charge in [-0.2, -0.15) is 4.39 Å². The van der Waals surface area contributed by atoms with Crippen LogP contribution in [0.2, 0.25) is 0 Å². The van der Waals surface area contributed by atoms with Crippen LogP contribution in [0.25, 0.3) is 6.08 Å². The average molecular weight is 378 g/mol. The van der Waals surface area contributed by atoms with E-state index in [1.165, 1.54) is 13.2 Å². The van der Waals surface area contributed by atoms with E-state index in [9.17, 15) is 14.5 Å². The van der Waals surface area contributed by atoms with Crippen molar-refractivity contribution >= 4 is 17.5 Å². The number of likely N-dealkylation sites (N-methyl/N-ethyl adjacent to an activating group) is 1. The standard InChI is InChI=1S/C19H27FN4O3/c1-4-15-16(13-17(27-3)19(18(15)20)24(25)26)23-7-5-14(6-8-23)22-11-9-21(2)10-12-22/h4,13-14H,1,5-12H2,2-3H3. The fourth-order valence-corrected chi connectivity index (χ4v) is 4.06. The zero-order valence-corrected chi connectivity index (χ0v) is 16.0. The quantitative estimate of drug-likeness (QED) is 0.580. The molecular formula is C19H27FN4O3. The summed E-state index contributed by atoms with van der Waals surface area (Å²) in [7, 11) is 3.46. The lowest BCUT2D eigenvalue weighted by atomic mass is 10.00. The Hall–Kier alpha value is -2.19. The van der Waals surface area contributed by atoms with Crippen molar-refractivity contribution in [3.8, 4) is 5.75 Å². The molecule has 0 bridgehead atoms. The molecule has 2 aliphatic rings. The molecule has 0 amide bonds. The summed E-state index contributed by atoms with van der Waals surface area (Å²) < 4.78 is 19.8. The van der Waals surface area contributed by atoms with E-state index in [0.29, 0.717) is 11.7 Å². The number of anilines is 1. The predicted molar refractivity (Wildman–Crippen MR) is 104 cm³/mol. The largest absolute Gasteiger partial charge is 0.490 e. The first-order valence-electron chi connectivity index (χ1n) is 9.31. The van der Waals surface area contributed by atoms with Gasteiger partial charge in [0.25, 0.3) is 0 Å². The molecule has 0 aliphatic carbocycles. The first-order valence-corrected chi connectivity index (χ1v) is 9.31. The normalized spacial score (nSPS) is 19.9. The van der Waals surface area contributed by atoms with Crippen LogP contribution in [0.5, 0.6) is 5.75 Å². The molecule has 2 aliphatic heterocycles. The molecule has 1 aromatic rings. The van der Waals surface area contributed by atoms with Crippen LogP contribution in [0.3, 0.4) is 0 Å². The van der Waals surface area contributed by atoms with Crippen LogP contribution in [0.1, 0.15) is 18.4 Å². The van der Waals surface area contributed by atoms with E-state index in [1.807, 2.05) is 0 Å². The monoisotopic (exact) mass is 378 g/mol. The number of rotatable bonds is 5. The molecule has 27 heavy (non-hydrogen) atoms. The minimum Gasteiger partial charge on any atom is -0.490 e. The molecule has 3 rings (SSSR count). The van der Waals surface area contributed by atoms with Crippen LogP contribution in [-0.4, -0.2) is 74.2 Å². The summed E-state index contributed by atoms with van der Waals surface area (Å²) in [6, 6.07) is 2.10. The number of hydrogen-bond donors (Lipinski definition) is 0. The summed E-state index contributed by atoms with van der Waals surface area (Å²) in [5.74, 6) is -0.940. The van der Waals surface area contributed by atoms with Gasteiger partial charge in [0.05, 0.1) is 17.7 Å². The third-order valence-electron chi connectivity index (χ3n) is 5.69. The molecule has 2 fully saturated rings. The molecule has 1 aromatic carbocycles. The second kappa shape index (κ2) is 8.22. The van der Waals surface area contributed by atoms with Gasteiger partial charge in [0, 0.05) is 56.9 Å². The second-order valence-corrected chi connectivity index (χ2v) is 7.19. The van der Waals surface area contributed by atoms with Gasteiger partial charge in [0.1, 0.15) is 0 Å². The maximum absolute atomic E-state index is 14.8. The van der Waals surface area contributed by atoms with Crippen LogP contribution in [0.15, 0.2) is 12.6 Å². The Bertz CT molecular complexity index is 711. The summed E-state index contributed by atoms with van der Waals surface area (Å²) in [5, 5.41) is 11.2. The van der Waals surface area contributed by atoms with Crippen molar-refractivity contribution in [3.63, 3.8) is 0 Å². The van der Waals surface area contributed by atoms with Gasteiger partial charge in [-0.3, -0.25) is 15.0 Å². The number of benzene rings is 1. The Balaban J connectivity index is 1.78. The number of halogens is 1. The van der Waals surface area contributed by atoms with E-state index in [-0.39, 0.29) is 11.3 Å². The fraction of sp³-hybridized carbons (Fsp3) is 0.579. The van der Waals surface area contributed by atoms with Gasteiger partial charge >= 0.3 is 5.69 Å². The van der Waals surface area contributed by atoms with E-state index >= 15 is 0 Å². The van der Waals surface area contributed by atoms with E-state index < -0.39 is 16.4 Å². The molecule has 0 saturated carbocycles. The van der Waals surface area contributed by atoms with Crippen LogP contribution >= 0.6 is 0 Å². The van der Waals surface area contributed by atoms with Crippen LogP contribution in [-0.2, 0) is 0 Å². The molecule has 2 saturated heterocycles. The Morgan fingerprint density at radius 2 is 1.89 bits per heavy atom. The van der Waals surface area contributed by atoms with Gasteiger partial charge in [0.2, 0.25) is 11.6 Å². The molecule has 2 heterocycles. The van der Waals surface area contributed by atoms with Gasteiger partial charge in [-0.15, -0.1) is 0 Å². The molecule has 148 valence electrons. The lowest BCUT2D eigenvalue weighted by Gasteiger charge is -2.42. The maximum Gasteiger partial charge on any atom is 0.346 e. The number of nitro groups is 1. The minimum atomic E-state index is -0.884. The van der Waals surface area contributed by atoms with Crippen molar-refractivity contribution in [2.24, 2.45) is 0 Å². The molecule has 0 spiro atoms. The summed E-state index contributed by atoms with van der Waals surface area (Å²) in [6.07, 6.45) is 3.33. The fourth-order valence-electron chi connectivity index (χ4n) is 4.06. The first-order chi connectivity index (χ1) is 13.0. The number of methoxy groups -OCH3 is 1. The highest BCUT2D eigenvalue weighted by atomic mass is 19.1. The smallest absolute Gasteiger partial charge is 0.346 e. The highest BCUT2D eigenvalue weighted by Crippen LogP contribution is 2.40. The van der Waals surface area contributed by atoms with Crippen molar-refractivity contribution in [2.75, 3.05) is 58.3 Å². The summed E-state index contributed by atoms with van der Waals surface area (Å²) >= 11 is 0. The van der Waals surface area contributed by atoms with Gasteiger partial charge in [-0.05, 0) is 19.9 Å². The summed E-state index contributed by atoms with van der Waals surface area (Å²) in [6.45, 7) is 9.55. The van der Waals surface area contributed by atoms with E-state index in [0.717, 1.165) is 52.1 Å². The van der Waals surface area contributed by atoms with Gasteiger partial charge in [0.15, 0.2) is 0 Å². The zero-order valence-electron chi connectivity index (χ0n) is 16.0. The van der Waals surface area contributed by atoms with Crippen LogP contribution < -0.4 is 9.64 Å². The Kier molecular flexibility index (Phi) is 5.96. The minimum absolute atomic E-state index is 0.0562. The lowest BCUT2D eigenvalue weighted by molar-refractivity contribution is -0.388. The first kappa shape index (κ1) is 19.6. The molecular weight excluding hydrogens is 351 g/mol. The number of nitro benzene ring substituents is 1. The van der Waals surface area contributed by atoms with Crippen molar-refractivity contribution in [1.29, 1.82) is 0 Å². The van der Waals surface area contributed by atoms with E-state index in [4.69, 9.17) is 4.74 Å². The Labute approximate surface area is 159 Å². The van der Waals surface area contributed by atoms with Gasteiger partial charge < -0.3 is 14.5 Å². The lowest BCUT2D eigenvalue weighted by Crippen LogP contribution is -2.52. The highest BCUT2D eigenvalue weighted by molar-refractivity contribution is 5.74. The number of piperidine rings is 1. The van der Waals surface area contributed by atoms with Crippen molar-refractivity contribution in [2.45, 2.75) is 18.9 Å². The summed E-state index contributed by atoms with van der Waals surface area (Å²) in [4.78, 5) is 17.4. The predicted octanol–water partition coefficient (Wildman–Crippen LogP) is 2.60. The molecule has 0 N–H and O–H groups in total. The zero-order chi connectivity index (χ0) is 19.6. The summed E-state index contributed by atoms with van der Waals surface area (Å²) in [5.41, 5.74) is 0.144. The van der Waals surface area contributed by atoms with Gasteiger partial charge in [-0.25, -0.2) is 0 Å². The van der Waals surface area contributed by atoms with Crippen LogP contribution in [0.4, 0.5) is 15.8 Å². The topological polar surface area (TPSA) is 62.1 Å². The number of ether oxygens (including phenoxy) is 1. The van der Waals surface area contributed by atoms with Crippen LogP contribution in [0, 0.1) is 15.9 Å². The molecule has 8 heteroatoms. The third-order valence-corrected chi connectivity index (χ3v) is 5.69. The Morgan fingerprint density at radius 1 is 1.26 bits per heavy atom. The molecule has 0 unspecified atom stereocenters. The van der Waals surface area contributed by atoms with E-state index in [2.05, 4.69) is 28.3 Å². The molecule has 0 radical (unpaired) electrons. The van der Waals surface area contributed by atoms with E-state index in [1.54, 1.807) is 6.07 Å². The highest BCUT2D eigenvalue weighted by Gasteiger charge is 2.31. The van der Waals surface area contributed by atoms with Crippen molar-refractivity contribution in [3.05, 3.63) is 34.1 Å². The van der Waals surface area contributed by atoms with Crippen molar-refractivity contribution < 1.29 is 14.1 Å². The second-order valence-electron chi connectivity index (χ2n) is 7.19. The Morgan fingerprint density at radius 3 is 2.41 bits per heavy atom. The SMILES string of the molecule is C=Cc1c(N2CCC(N3CCN(C)CC3)CC2)cc(OC)c([N+](=O)[O-])c1F.